The SMILES string of the molecule is O=C1Nc2ccc(Cl)cc2/C1=C\c1cccc(Br)c1. The third kappa shape index (κ3) is 2.44. The zero-order valence-corrected chi connectivity index (χ0v) is 12.1. The normalized spacial score (nSPS) is 15.5. The van der Waals surface area contributed by atoms with Crippen molar-refractivity contribution in [2.45, 2.75) is 0 Å². The van der Waals surface area contributed by atoms with Gasteiger partial charge in [0.05, 0.1) is 0 Å². The highest BCUT2D eigenvalue weighted by Crippen LogP contribution is 2.35. The summed E-state index contributed by atoms with van der Waals surface area (Å²) in [5.74, 6) is -0.0998. The fourth-order valence-electron chi connectivity index (χ4n) is 2.07. The van der Waals surface area contributed by atoms with Crippen molar-refractivity contribution < 1.29 is 4.79 Å². The van der Waals surface area contributed by atoms with E-state index in [0.717, 1.165) is 21.3 Å². The summed E-state index contributed by atoms with van der Waals surface area (Å²) in [5.41, 5.74) is 3.25. The number of fused-ring (bicyclic) bond motifs is 1. The Hall–Kier alpha value is -1.58. The number of rotatable bonds is 1. The van der Waals surface area contributed by atoms with E-state index in [1.54, 1.807) is 12.1 Å². The van der Waals surface area contributed by atoms with Crippen LogP contribution in [0.25, 0.3) is 11.6 Å². The Bertz CT molecular complexity index is 709. The van der Waals surface area contributed by atoms with Crippen LogP contribution in [0.2, 0.25) is 5.02 Å². The highest BCUT2D eigenvalue weighted by atomic mass is 79.9. The second-order valence-corrected chi connectivity index (χ2v) is 5.61. The van der Waals surface area contributed by atoms with Crippen molar-refractivity contribution in [1.82, 2.24) is 0 Å². The molecule has 2 aromatic carbocycles. The Labute approximate surface area is 124 Å². The number of hydrogen-bond donors (Lipinski definition) is 1. The molecule has 0 unspecified atom stereocenters. The second kappa shape index (κ2) is 4.83. The number of carbonyl (C=O) groups is 1. The number of carbonyl (C=O) groups excluding carboxylic acids is 1. The van der Waals surface area contributed by atoms with E-state index in [-0.39, 0.29) is 5.91 Å². The first kappa shape index (κ1) is 12.5. The molecule has 0 saturated carbocycles. The minimum Gasteiger partial charge on any atom is -0.321 e. The van der Waals surface area contributed by atoms with Crippen molar-refractivity contribution in [3.05, 3.63) is 63.1 Å². The minimum atomic E-state index is -0.0998. The molecule has 0 aromatic heterocycles. The molecule has 1 heterocycles. The molecule has 0 atom stereocenters. The van der Waals surface area contributed by atoms with E-state index >= 15 is 0 Å². The molecule has 3 rings (SSSR count). The van der Waals surface area contributed by atoms with Crippen LogP contribution in [-0.4, -0.2) is 5.91 Å². The van der Waals surface area contributed by atoms with Gasteiger partial charge in [-0.25, -0.2) is 0 Å². The van der Waals surface area contributed by atoms with Gasteiger partial charge in [-0.15, -0.1) is 0 Å². The monoisotopic (exact) mass is 333 g/mol. The summed E-state index contributed by atoms with van der Waals surface area (Å²) < 4.78 is 0.978. The molecule has 0 radical (unpaired) electrons. The highest BCUT2D eigenvalue weighted by molar-refractivity contribution is 9.10. The summed E-state index contributed by atoms with van der Waals surface area (Å²) in [6.45, 7) is 0. The fraction of sp³-hybridized carbons (Fsp3) is 0. The summed E-state index contributed by atoms with van der Waals surface area (Å²) >= 11 is 9.41. The quantitative estimate of drug-likeness (QED) is 0.759. The number of hydrogen-bond acceptors (Lipinski definition) is 1. The summed E-state index contributed by atoms with van der Waals surface area (Å²) in [4.78, 5) is 12.0. The Balaban J connectivity index is 2.11. The molecule has 0 bridgehead atoms. The van der Waals surface area contributed by atoms with Crippen LogP contribution in [0.3, 0.4) is 0 Å². The standard InChI is InChI=1S/C15H9BrClNO/c16-10-3-1-2-9(6-10)7-13-12-8-11(17)4-5-14(12)18-15(13)19/h1-8H,(H,18,19)/b13-7+. The predicted molar refractivity (Wildman–Crippen MR) is 82.1 cm³/mol. The van der Waals surface area contributed by atoms with Crippen molar-refractivity contribution in [3.63, 3.8) is 0 Å². The topological polar surface area (TPSA) is 29.1 Å². The van der Waals surface area contributed by atoms with Crippen LogP contribution in [0.1, 0.15) is 11.1 Å². The maximum atomic E-state index is 12.0. The van der Waals surface area contributed by atoms with Crippen molar-refractivity contribution in [2.24, 2.45) is 0 Å². The van der Waals surface area contributed by atoms with Crippen molar-refractivity contribution in [1.29, 1.82) is 0 Å². The van der Waals surface area contributed by atoms with Gasteiger partial charge in [0.25, 0.3) is 5.91 Å². The number of amides is 1. The molecule has 1 N–H and O–H groups in total. The Morgan fingerprint density at radius 3 is 2.79 bits per heavy atom. The zero-order chi connectivity index (χ0) is 13.4. The molecule has 94 valence electrons. The Kier molecular flexibility index (Phi) is 3.17. The van der Waals surface area contributed by atoms with E-state index in [0.29, 0.717) is 10.6 Å². The number of anilines is 1. The van der Waals surface area contributed by atoms with E-state index in [2.05, 4.69) is 21.2 Å². The van der Waals surface area contributed by atoms with Crippen LogP contribution in [0.4, 0.5) is 5.69 Å². The molecular formula is C15H9BrClNO. The summed E-state index contributed by atoms with van der Waals surface area (Å²) in [6, 6.07) is 13.2. The van der Waals surface area contributed by atoms with Gasteiger partial charge in [-0.05, 0) is 42.0 Å². The lowest BCUT2D eigenvalue weighted by molar-refractivity contribution is -0.110. The van der Waals surface area contributed by atoms with Gasteiger partial charge < -0.3 is 5.32 Å². The molecular weight excluding hydrogens is 326 g/mol. The van der Waals surface area contributed by atoms with Gasteiger partial charge in [-0.2, -0.15) is 0 Å². The van der Waals surface area contributed by atoms with Gasteiger partial charge in [-0.1, -0.05) is 39.7 Å². The molecule has 0 fully saturated rings. The molecule has 1 aliphatic rings. The second-order valence-electron chi connectivity index (χ2n) is 4.26. The third-order valence-corrected chi connectivity index (χ3v) is 3.65. The van der Waals surface area contributed by atoms with Gasteiger partial charge in [0.2, 0.25) is 0 Å². The van der Waals surface area contributed by atoms with Gasteiger partial charge in [0.15, 0.2) is 0 Å². The maximum absolute atomic E-state index is 12.0. The first-order chi connectivity index (χ1) is 9.13. The van der Waals surface area contributed by atoms with Crippen LogP contribution in [0.5, 0.6) is 0 Å². The van der Waals surface area contributed by atoms with Gasteiger partial charge in [-0.3, -0.25) is 4.79 Å². The number of nitrogens with one attached hydrogen (secondary N) is 1. The molecule has 1 aliphatic heterocycles. The van der Waals surface area contributed by atoms with Crippen LogP contribution in [-0.2, 0) is 4.79 Å². The van der Waals surface area contributed by atoms with Crippen LogP contribution < -0.4 is 5.32 Å². The molecule has 4 heteroatoms. The maximum Gasteiger partial charge on any atom is 0.256 e. The smallest absolute Gasteiger partial charge is 0.256 e. The average molecular weight is 335 g/mol. The summed E-state index contributed by atoms with van der Waals surface area (Å²) in [6.07, 6.45) is 1.86. The third-order valence-electron chi connectivity index (χ3n) is 2.92. The average Bonchev–Trinajstić information content (AvgIpc) is 2.66. The Morgan fingerprint density at radius 1 is 1.16 bits per heavy atom. The largest absolute Gasteiger partial charge is 0.321 e. The van der Waals surface area contributed by atoms with E-state index in [1.807, 2.05) is 36.4 Å². The van der Waals surface area contributed by atoms with Crippen molar-refractivity contribution in [3.8, 4) is 0 Å². The van der Waals surface area contributed by atoms with Crippen LogP contribution in [0.15, 0.2) is 46.9 Å². The highest BCUT2D eigenvalue weighted by Gasteiger charge is 2.23. The van der Waals surface area contributed by atoms with E-state index in [9.17, 15) is 4.79 Å². The van der Waals surface area contributed by atoms with Crippen LogP contribution in [0, 0.1) is 0 Å². The first-order valence-electron chi connectivity index (χ1n) is 5.72. The molecule has 2 nitrogen and oxygen atoms in total. The molecule has 0 aliphatic carbocycles. The predicted octanol–water partition coefficient (Wildman–Crippen LogP) is 4.60. The minimum absolute atomic E-state index is 0.0998. The van der Waals surface area contributed by atoms with E-state index in [4.69, 9.17) is 11.6 Å². The number of benzene rings is 2. The fourth-order valence-corrected chi connectivity index (χ4v) is 2.66. The number of halogens is 2. The summed E-state index contributed by atoms with van der Waals surface area (Å²) in [7, 11) is 0. The molecule has 1 amide bonds. The first-order valence-corrected chi connectivity index (χ1v) is 6.89. The molecule has 0 saturated heterocycles. The van der Waals surface area contributed by atoms with Crippen molar-refractivity contribution in [2.75, 3.05) is 5.32 Å². The van der Waals surface area contributed by atoms with Gasteiger partial charge in [0.1, 0.15) is 0 Å². The lowest BCUT2D eigenvalue weighted by atomic mass is 10.0. The molecule has 0 spiro atoms. The van der Waals surface area contributed by atoms with Crippen LogP contribution >= 0.6 is 27.5 Å². The van der Waals surface area contributed by atoms with E-state index < -0.39 is 0 Å². The van der Waals surface area contributed by atoms with E-state index in [1.165, 1.54) is 0 Å². The van der Waals surface area contributed by atoms with Crippen molar-refractivity contribution >= 4 is 50.8 Å². The lowest BCUT2D eigenvalue weighted by Crippen LogP contribution is -2.03. The van der Waals surface area contributed by atoms with Gasteiger partial charge in [0, 0.05) is 26.3 Å². The molecule has 19 heavy (non-hydrogen) atoms. The molecule has 2 aromatic rings. The summed E-state index contributed by atoms with van der Waals surface area (Å²) in [5, 5.41) is 3.45. The lowest BCUT2D eigenvalue weighted by Gasteiger charge is -2.00. The van der Waals surface area contributed by atoms with Gasteiger partial charge >= 0.3 is 0 Å². The Morgan fingerprint density at radius 2 is 2.00 bits per heavy atom. The zero-order valence-electron chi connectivity index (χ0n) is 9.78.